The van der Waals surface area contributed by atoms with Crippen molar-refractivity contribution in [2.24, 2.45) is 0 Å². The van der Waals surface area contributed by atoms with Crippen LogP contribution >= 0.6 is 0 Å². The zero-order valence-electron chi connectivity index (χ0n) is 8.09. The van der Waals surface area contributed by atoms with Crippen LogP contribution in [0.4, 0.5) is 4.39 Å². The van der Waals surface area contributed by atoms with Crippen LogP contribution in [0.5, 0.6) is 0 Å². The van der Waals surface area contributed by atoms with Crippen molar-refractivity contribution in [2.45, 2.75) is 13.8 Å². The Bertz CT molecular complexity index is 451. The third-order valence-corrected chi connectivity index (χ3v) is 2.10. The van der Waals surface area contributed by atoms with E-state index >= 15 is 0 Å². The summed E-state index contributed by atoms with van der Waals surface area (Å²) in [5, 5.41) is 21.3. The maximum Gasteiger partial charge on any atom is 0.129 e. The lowest BCUT2D eigenvalue weighted by Gasteiger charge is -2.16. The van der Waals surface area contributed by atoms with Gasteiger partial charge in [-0.25, -0.2) is 4.39 Å². The number of aryl methyl sites for hydroxylation is 1. The number of hydrogen-bond donors (Lipinski definition) is 0. The zero-order chi connectivity index (χ0) is 11.7. The first kappa shape index (κ1) is 11.2. The van der Waals surface area contributed by atoms with E-state index in [0.29, 0.717) is 0 Å². The summed E-state index contributed by atoms with van der Waals surface area (Å²) in [6.45, 7) is 2.52. The average molecular weight is 210 g/mol. The van der Waals surface area contributed by atoms with Gasteiger partial charge in [0.15, 0.2) is 0 Å². The Morgan fingerprint density at radius 1 is 1.20 bits per heavy atom. The monoisotopic (exact) mass is 210 g/mol. The standard InChI is InChI=1S/C10H9FO4/c1-4-3-6(9(12)13)7(10(14)15)5(2)8(4)11/h3H,1-2H3,(H,12,13)(H,14,15)/p-2. The van der Waals surface area contributed by atoms with Gasteiger partial charge < -0.3 is 19.8 Å². The second-order valence-corrected chi connectivity index (χ2v) is 3.13. The number of benzene rings is 1. The molecule has 80 valence electrons. The van der Waals surface area contributed by atoms with Crippen molar-refractivity contribution in [3.05, 3.63) is 34.1 Å². The summed E-state index contributed by atoms with van der Waals surface area (Å²) in [5.74, 6) is -4.15. The second kappa shape index (κ2) is 3.68. The lowest BCUT2D eigenvalue weighted by atomic mass is 9.98. The highest BCUT2D eigenvalue weighted by Crippen LogP contribution is 2.20. The predicted octanol–water partition coefficient (Wildman–Crippen LogP) is -0.830. The van der Waals surface area contributed by atoms with Crippen LogP contribution in [0.3, 0.4) is 0 Å². The van der Waals surface area contributed by atoms with E-state index in [0.717, 1.165) is 6.07 Å². The average Bonchev–Trinajstić information content (AvgIpc) is 2.12. The normalized spacial score (nSPS) is 10.1. The van der Waals surface area contributed by atoms with E-state index < -0.39 is 28.9 Å². The van der Waals surface area contributed by atoms with Crippen LogP contribution < -0.4 is 10.2 Å². The fourth-order valence-electron chi connectivity index (χ4n) is 1.38. The minimum atomic E-state index is -1.73. The van der Waals surface area contributed by atoms with Crippen LogP contribution in [0, 0.1) is 19.7 Å². The van der Waals surface area contributed by atoms with Crippen molar-refractivity contribution >= 4 is 11.9 Å². The number of carboxylic acids is 2. The van der Waals surface area contributed by atoms with Gasteiger partial charge >= 0.3 is 0 Å². The molecule has 0 atom stereocenters. The summed E-state index contributed by atoms with van der Waals surface area (Å²) in [6, 6.07) is 0.919. The molecule has 0 radical (unpaired) electrons. The fraction of sp³-hybridized carbons (Fsp3) is 0.200. The van der Waals surface area contributed by atoms with Gasteiger partial charge in [0.25, 0.3) is 0 Å². The van der Waals surface area contributed by atoms with Crippen LogP contribution in [0.15, 0.2) is 6.07 Å². The van der Waals surface area contributed by atoms with E-state index in [1.54, 1.807) is 0 Å². The molecule has 0 aliphatic carbocycles. The Labute approximate surface area is 85.0 Å². The Hall–Kier alpha value is -1.91. The predicted molar refractivity (Wildman–Crippen MR) is 44.5 cm³/mol. The van der Waals surface area contributed by atoms with E-state index in [-0.39, 0.29) is 11.1 Å². The number of carbonyl (C=O) groups excluding carboxylic acids is 2. The summed E-state index contributed by atoms with van der Waals surface area (Å²) >= 11 is 0. The first-order valence-electron chi connectivity index (χ1n) is 4.08. The molecule has 0 aliphatic rings. The molecule has 15 heavy (non-hydrogen) atoms. The number of aromatic carboxylic acids is 2. The van der Waals surface area contributed by atoms with E-state index in [9.17, 15) is 24.2 Å². The molecule has 0 saturated heterocycles. The molecule has 0 amide bonds. The summed E-state index contributed by atoms with van der Waals surface area (Å²) in [6.07, 6.45) is 0. The van der Waals surface area contributed by atoms with Crippen LogP contribution in [0.25, 0.3) is 0 Å². The van der Waals surface area contributed by atoms with Crippen molar-refractivity contribution in [3.63, 3.8) is 0 Å². The molecule has 0 heterocycles. The van der Waals surface area contributed by atoms with Crippen LogP contribution in [0.2, 0.25) is 0 Å². The molecular weight excluding hydrogens is 203 g/mol. The highest BCUT2D eigenvalue weighted by Gasteiger charge is 2.14. The van der Waals surface area contributed by atoms with Gasteiger partial charge in [0.1, 0.15) is 5.82 Å². The van der Waals surface area contributed by atoms with Crippen LogP contribution in [-0.4, -0.2) is 11.9 Å². The smallest absolute Gasteiger partial charge is 0.129 e. The minimum Gasteiger partial charge on any atom is -0.545 e. The molecule has 5 heteroatoms. The topological polar surface area (TPSA) is 80.3 Å². The maximum absolute atomic E-state index is 13.3. The summed E-state index contributed by atoms with van der Waals surface area (Å²) in [5.41, 5.74) is -1.43. The Balaban J connectivity index is 3.65. The molecule has 1 rings (SSSR count). The molecule has 0 unspecified atom stereocenters. The molecule has 0 aromatic heterocycles. The molecule has 0 N–H and O–H groups in total. The van der Waals surface area contributed by atoms with Crippen molar-refractivity contribution < 1.29 is 24.2 Å². The van der Waals surface area contributed by atoms with Gasteiger partial charge in [-0.2, -0.15) is 0 Å². The number of halogens is 1. The van der Waals surface area contributed by atoms with Crippen LogP contribution in [-0.2, 0) is 0 Å². The SMILES string of the molecule is Cc1cc(C(=O)[O-])c(C(=O)[O-])c(C)c1F. The molecular formula is C10H7FO4-2. The quantitative estimate of drug-likeness (QED) is 0.638. The zero-order valence-corrected chi connectivity index (χ0v) is 8.09. The number of rotatable bonds is 2. The first-order valence-corrected chi connectivity index (χ1v) is 4.08. The summed E-state index contributed by atoms with van der Waals surface area (Å²) in [4.78, 5) is 21.3. The molecule has 0 spiro atoms. The molecule has 0 fully saturated rings. The number of hydrogen-bond acceptors (Lipinski definition) is 4. The molecule has 0 aliphatic heterocycles. The van der Waals surface area contributed by atoms with Gasteiger partial charge in [0.05, 0.1) is 11.9 Å². The number of carboxylic acid groups (broad SMARTS) is 2. The third kappa shape index (κ3) is 1.81. The Kier molecular flexibility index (Phi) is 2.74. The first-order chi connectivity index (χ1) is 6.86. The highest BCUT2D eigenvalue weighted by atomic mass is 19.1. The lowest BCUT2D eigenvalue weighted by molar-refractivity contribution is -0.259. The molecule has 0 bridgehead atoms. The van der Waals surface area contributed by atoms with Gasteiger partial charge in [-0.15, -0.1) is 0 Å². The van der Waals surface area contributed by atoms with E-state index in [1.165, 1.54) is 13.8 Å². The summed E-state index contributed by atoms with van der Waals surface area (Å²) < 4.78 is 13.3. The van der Waals surface area contributed by atoms with Crippen molar-refractivity contribution in [3.8, 4) is 0 Å². The van der Waals surface area contributed by atoms with E-state index in [1.807, 2.05) is 0 Å². The third-order valence-electron chi connectivity index (χ3n) is 2.10. The molecule has 0 saturated carbocycles. The van der Waals surface area contributed by atoms with Gasteiger partial charge in [-0.1, -0.05) is 0 Å². The molecule has 1 aromatic carbocycles. The molecule has 1 aromatic rings. The fourth-order valence-corrected chi connectivity index (χ4v) is 1.38. The molecule has 4 nitrogen and oxygen atoms in total. The maximum atomic E-state index is 13.3. The Morgan fingerprint density at radius 3 is 2.13 bits per heavy atom. The van der Waals surface area contributed by atoms with Crippen molar-refractivity contribution in [1.29, 1.82) is 0 Å². The van der Waals surface area contributed by atoms with Gasteiger partial charge in [-0.3, -0.25) is 0 Å². The minimum absolute atomic E-state index is 0.0525. The van der Waals surface area contributed by atoms with Crippen molar-refractivity contribution in [2.75, 3.05) is 0 Å². The lowest BCUT2D eigenvalue weighted by Crippen LogP contribution is -2.31. The van der Waals surface area contributed by atoms with E-state index in [4.69, 9.17) is 0 Å². The van der Waals surface area contributed by atoms with Gasteiger partial charge in [0.2, 0.25) is 0 Å². The van der Waals surface area contributed by atoms with Gasteiger partial charge in [-0.05, 0) is 31.0 Å². The second-order valence-electron chi connectivity index (χ2n) is 3.13. The van der Waals surface area contributed by atoms with Gasteiger partial charge in [0, 0.05) is 11.1 Å². The van der Waals surface area contributed by atoms with E-state index in [2.05, 4.69) is 0 Å². The van der Waals surface area contributed by atoms with Crippen molar-refractivity contribution in [1.82, 2.24) is 0 Å². The number of carbonyl (C=O) groups is 2. The largest absolute Gasteiger partial charge is 0.545 e. The summed E-state index contributed by atoms with van der Waals surface area (Å²) in [7, 11) is 0. The Morgan fingerprint density at radius 2 is 1.73 bits per heavy atom. The highest BCUT2D eigenvalue weighted by molar-refractivity contribution is 6.01. The van der Waals surface area contributed by atoms with Crippen LogP contribution in [0.1, 0.15) is 31.8 Å².